The third kappa shape index (κ3) is 3.05. The summed E-state index contributed by atoms with van der Waals surface area (Å²) in [7, 11) is 1.81. The van der Waals surface area contributed by atoms with E-state index in [1.54, 1.807) is 13.1 Å². The summed E-state index contributed by atoms with van der Waals surface area (Å²) in [6.45, 7) is 3.81. The fraction of sp³-hybridized carbons (Fsp3) is 0.250. The molecule has 0 aliphatic heterocycles. The number of aryl methyl sites for hydroxylation is 2. The maximum absolute atomic E-state index is 14.4. The largest absolute Gasteiger partial charge is 0.309 e. The third-order valence-electron chi connectivity index (χ3n) is 3.33. The maximum atomic E-state index is 14.4. The average Bonchev–Trinajstić information content (AvgIpc) is 2.37. The minimum absolute atomic E-state index is 0.210. The number of benzene rings is 2. The predicted molar refractivity (Wildman–Crippen MR) is 85.9 cm³/mol. The zero-order valence-corrected chi connectivity index (χ0v) is 13.9. The van der Waals surface area contributed by atoms with Gasteiger partial charge in [-0.05, 0) is 61.9 Å². The van der Waals surface area contributed by atoms with Crippen LogP contribution in [0, 0.1) is 19.7 Å². The van der Waals surface area contributed by atoms with E-state index in [1.165, 1.54) is 0 Å². The molecular formula is C16H16BrClFN. The summed E-state index contributed by atoms with van der Waals surface area (Å²) in [5.74, 6) is -0.210. The lowest BCUT2D eigenvalue weighted by Gasteiger charge is -2.22. The van der Waals surface area contributed by atoms with Crippen molar-refractivity contribution in [2.75, 3.05) is 7.05 Å². The first-order chi connectivity index (χ1) is 9.43. The summed E-state index contributed by atoms with van der Waals surface area (Å²) >= 11 is 9.71. The molecule has 20 heavy (non-hydrogen) atoms. The molecule has 1 N–H and O–H groups in total. The van der Waals surface area contributed by atoms with Gasteiger partial charge in [0.25, 0.3) is 0 Å². The average molecular weight is 357 g/mol. The Morgan fingerprint density at radius 3 is 2.50 bits per heavy atom. The van der Waals surface area contributed by atoms with Gasteiger partial charge in [-0.25, -0.2) is 4.39 Å². The molecule has 106 valence electrons. The van der Waals surface area contributed by atoms with E-state index < -0.39 is 0 Å². The Morgan fingerprint density at radius 2 is 1.90 bits per heavy atom. The molecule has 0 saturated carbocycles. The summed E-state index contributed by atoms with van der Waals surface area (Å²) < 4.78 is 15.3. The summed E-state index contributed by atoms with van der Waals surface area (Å²) in [6.07, 6.45) is 0. The lowest BCUT2D eigenvalue weighted by atomic mass is 9.93. The Balaban J connectivity index is 2.61. The molecule has 0 aliphatic rings. The van der Waals surface area contributed by atoms with E-state index in [2.05, 4.69) is 21.2 Å². The third-order valence-corrected chi connectivity index (χ3v) is 4.16. The Hall–Kier alpha value is -0.900. The molecule has 1 unspecified atom stereocenters. The van der Waals surface area contributed by atoms with E-state index >= 15 is 0 Å². The monoisotopic (exact) mass is 355 g/mol. The van der Waals surface area contributed by atoms with Crippen LogP contribution in [-0.4, -0.2) is 7.05 Å². The molecule has 0 aliphatic carbocycles. The predicted octanol–water partition coefficient (Wildman–Crippen LogP) is 5.17. The first kappa shape index (κ1) is 15.5. The second-order valence-corrected chi connectivity index (χ2v) is 6.19. The van der Waals surface area contributed by atoms with Gasteiger partial charge in [0.15, 0.2) is 0 Å². The molecule has 0 bridgehead atoms. The van der Waals surface area contributed by atoms with Crippen molar-refractivity contribution in [3.63, 3.8) is 0 Å². The highest BCUT2D eigenvalue weighted by Gasteiger charge is 2.21. The SMILES string of the molecule is CNC(c1cc(Br)ccc1Cl)c1c(C)cc(C)cc1F. The lowest BCUT2D eigenvalue weighted by Crippen LogP contribution is -2.20. The molecule has 0 spiro atoms. The van der Waals surface area contributed by atoms with Crippen molar-refractivity contribution >= 4 is 27.5 Å². The van der Waals surface area contributed by atoms with E-state index in [0.717, 1.165) is 21.2 Å². The van der Waals surface area contributed by atoms with Crippen molar-refractivity contribution in [2.24, 2.45) is 0 Å². The molecule has 1 nitrogen and oxygen atoms in total. The minimum atomic E-state index is -0.277. The number of hydrogen-bond acceptors (Lipinski definition) is 1. The highest BCUT2D eigenvalue weighted by molar-refractivity contribution is 9.10. The van der Waals surface area contributed by atoms with Crippen molar-refractivity contribution in [2.45, 2.75) is 19.9 Å². The van der Waals surface area contributed by atoms with Gasteiger partial charge >= 0.3 is 0 Å². The number of nitrogens with one attached hydrogen (secondary N) is 1. The maximum Gasteiger partial charge on any atom is 0.128 e. The highest BCUT2D eigenvalue weighted by Crippen LogP contribution is 2.33. The van der Waals surface area contributed by atoms with Crippen molar-refractivity contribution in [1.82, 2.24) is 5.32 Å². The molecule has 0 amide bonds. The molecule has 0 aromatic heterocycles. The van der Waals surface area contributed by atoms with Crippen LogP contribution in [0.2, 0.25) is 5.02 Å². The van der Waals surface area contributed by atoms with Gasteiger partial charge in [0, 0.05) is 15.1 Å². The Bertz CT molecular complexity index is 619. The van der Waals surface area contributed by atoms with Gasteiger partial charge in [-0.1, -0.05) is 33.6 Å². The molecular weight excluding hydrogens is 341 g/mol. The van der Waals surface area contributed by atoms with Gasteiger partial charge in [-0.3, -0.25) is 0 Å². The first-order valence-electron chi connectivity index (χ1n) is 6.33. The van der Waals surface area contributed by atoms with Crippen molar-refractivity contribution in [3.8, 4) is 0 Å². The van der Waals surface area contributed by atoms with E-state index in [4.69, 9.17) is 11.6 Å². The smallest absolute Gasteiger partial charge is 0.128 e. The normalized spacial score (nSPS) is 12.5. The van der Waals surface area contributed by atoms with Crippen molar-refractivity contribution in [1.29, 1.82) is 0 Å². The quantitative estimate of drug-likeness (QED) is 0.800. The molecule has 0 heterocycles. The molecule has 2 aromatic carbocycles. The van der Waals surface area contributed by atoms with Crippen LogP contribution in [0.4, 0.5) is 4.39 Å². The second kappa shape index (κ2) is 6.25. The van der Waals surface area contributed by atoms with Crippen LogP contribution in [0.1, 0.15) is 28.3 Å². The zero-order valence-electron chi connectivity index (χ0n) is 11.6. The van der Waals surface area contributed by atoms with Gasteiger partial charge in [0.1, 0.15) is 5.82 Å². The summed E-state index contributed by atoms with van der Waals surface area (Å²) in [5, 5.41) is 3.78. The summed E-state index contributed by atoms with van der Waals surface area (Å²) in [5.41, 5.74) is 3.32. The molecule has 0 radical (unpaired) electrons. The van der Waals surface area contributed by atoms with Crippen LogP contribution in [0.3, 0.4) is 0 Å². The minimum Gasteiger partial charge on any atom is -0.309 e. The van der Waals surface area contributed by atoms with Gasteiger partial charge < -0.3 is 5.32 Å². The zero-order chi connectivity index (χ0) is 14.9. The van der Waals surface area contributed by atoms with E-state index in [-0.39, 0.29) is 11.9 Å². The first-order valence-corrected chi connectivity index (χ1v) is 7.50. The van der Waals surface area contributed by atoms with Crippen molar-refractivity contribution < 1.29 is 4.39 Å². The van der Waals surface area contributed by atoms with Crippen LogP contribution < -0.4 is 5.32 Å². The standard InChI is InChI=1S/C16H16BrClFN/c1-9-6-10(2)15(14(19)7-9)16(20-3)12-8-11(17)4-5-13(12)18/h4-8,16,20H,1-3H3. The van der Waals surface area contributed by atoms with Gasteiger partial charge in [-0.2, -0.15) is 0 Å². The van der Waals surface area contributed by atoms with Gasteiger partial charge in [-0.15, -0.1) is 0 Å². The summed E-state index contributed by atoms with van der Waals surface area (Å²) in [4.78, 5) is 0. The Kier molecular flexibility index (Phi) is 4.84. The Morgan fingerprint density at radius 1 is 1.20 bits per heavy atom. The number of hydrogen-bond donors (Lipinski definition) is 1. The van der Waals surface area contributed by atoms with Crippen LogP contribution in [0.25, 0.3) is 0 Å². The van der Waals surface area contributed by atoms with Gasteiger partial charge in [0.2, 0.25) is 0 Å². The van der Waals surface area contributed by atoms with E-state index in [9.17, 15) is 4.39 Å². The fourth-order valence-electron chi connectivity index (χ4n) is 2.48. The lowest BCUT2D eigenvalue weighted by molar-refractivity contribution is 0.572. The van der Waals surface area contributed by atoms with E-state index in [1.807, 2.05) is 38.1 Å². The number of rotatable bonds is 3. The second-order valence-electron chi connectivity index (χ2n) is 4.86. The van der Waals surface area contributed by atoms with Gasteiger partial charge in [0.05, 0.1) is 6.04 Å². The molecule has 0 saturated heterocycles. The molecule has 4 heteroatoms. The molecule has 2 aromatic rings. The van der Waals surface area contributed by atoms with Crippen LogP contribution in [0.15, 0.2) is 34.8 Å². The molecule has 2 rings (SSSR count). The van der Waals surface area contributed by atoms with Crippen LogP contribution in [0.5, 0.6) is 0 Å². The van der Waals surface area contributed by atoms with Crippen LogP contribution >= 0.6 is 27.5 Å². The summed E-state index contributed by atoms with van der Waals surface area (Å²) in [6, 6.07) is 8.86. The fourth-order valence-corrected chi connectivity index (χ4v) is 3.09. The Labute approximate surface area is 132 Å². The van der Waals surface area contributed by atoms with Crippen molar-refractivity contribution in [3.05, 3.63) is 67.9 Å². The number of halogens is 3. The molecule has 1 atom stereocenters. The van der Waals surface area contributed by atoms with E-state index in [0.29, 0.717) is 10.6 Å². The molecule has 0 fully saturated rings. The topological polar surface area (TPSA) is 12.0 Å². The van der Waals surface area contributed by atoms with Crippen LogP contribution in [-0.2, 0) is 0 Å². The highest BCUT2D eigenvalue weighted by atomic mass is 79.9.